The number of H-pyrrole nitrogens is 1. The maximum absolute atomic E-state index is 12.2. The van der Waals surface area contributed by atoms with E-state index in [1.54, 1.807) is 6.07 Å². The van der Waals surface area contributed by atoms with Crippen LogP contribution in [0.5, 0.6) is 5.75 Å². The van der Waals surface area contributed by atoms with E-state index < -0.39 is 0 Å². The molecule has 0 fully saturated rings. The number of ether oxygens (including phenoxy) is 1. The largest absolute Gasteiger partial charge is 0.493 e. The summed E-state index contributed by atoms with van der Waals surface area (Å²) in [6.45, 7) is 6.82. The average Bonchev–Trinajstić information content (AvgIpc) is 2.54. The van der Waals surface area contributed by atoms with Crippen LogP contribution in [0.15, 0.2) is 41.2 Å². The fourth-order valence-corrected chi connectivity index (χ4v) is 2.74. The minimum absolute atomic E-state index is 0.118. The quantitative estimate of drug-likeness (QED) is 0.792. The van der Waals surface area contributed by atoms with Crippen molar-refractivity contribution in [3.05, 3.63) is 57.9 Å². The number of benzene rings is 2. The van der Waals surface area contributed by atoms with Crippen molar-refractivity contribution in [2.24, 2.45) is 0 Å². The third-order valence-electron chi connectivity index (χ3n) is 3.80. The molecule has 0 bridgehead atoms. The number of aromatic amines is 1. The first kappa shape index (κ1) is 15.3. The van der Waals surface area contributed by atoms with Gasteiger partial charge in [-0.05, 0) is 55.7 Å². The lowest BCUT2D eigenvalue weighted by molar-refractivity contribution is 0.313. The minimum atomic E-state index is -0.118. The number of hydrogen-bond acceptors (Lipinski definition) is 3. The Bertz CT molecular complexity index is 890. The fourth-order valence-electron chi connectivity index (χ4n) is 2.74. The Balaban J connectivity index is 2.10. The van der Waals surface area contributed by atoms with Crippen molar-refractivity contribution >= 4 is 10.9 Å². The average molecular weight is 308 g/mol. The lowest BCUT2D eigenvalue weighted by Gasteiger charge is -2.13. The van der Waals surface area contributed by atoms with Crippen LogP contribution in [0.2, 0.25) is 0 Å². The smallest absolute Gasteiger partial charge is 0.259 e. The zero-order valence-corrected chi connectivity index (χ0v) is 13.6. The van der Waals surface area contributed by atoms with Crippen molar-refractivity contribution in [3.63, 3.8) is 0 Å². The molecule has 3 rings (SSSR count). The van der Waals surface area contributed by atoms with E-state index >= 15 is 0 Å². The van der Waals surface area contributed by atoms with Gasteiger partial charge < -0.3 is 9.72 Å². The van der Waals surface area contributed by atoms with Gasteiger partial charge in [0, 0.05) is 5.56 Å². The maximum Gasteiger partial charge on any atom is 0.259 e. The van der Waals surface area contributed by atoms with Crippen molar-refractivity contribution in [1.29, 1.82) is 0 Å². The van der Waals surface area contributed by atoms with Crippen LogP contribution in [0.3, 0.4) is 0 Å². The van der Waals surface area contributed by atoms with Crippen LogP contribution in [-0.4, -0.2) is 16.6 Å². The third kappa shape index (κ3) is 2.97. The van der Waals surface area contributed by atoms with E-state index in [0.29, 0.717) is 23.3 Å². The summed E-state index contributed by atoms with van der Waals surface area (Å²) in [4.78, 5) is 19.7. The van der Waals surface area contributed by atoms with Crippen LogP contribution in [0.25, 0.3) is 22.3 Å². The van der Waals surface area contributed by atoms with Crippen molar-refractivity contribution in [3.8, 4) is 17.1 Å². The Labute approximate surface area is 135 Å². The molecule has 23 heavy (non-hydrogen) atoms. The van der Waals surface area contributed by atoms with Gasteiger partial charge in [-0.15, -0.1) is 0 Å². The Morgan fingerprint density at radius 2 is 1.83 bits per heavy atom. The minimum Gasteiger partial charge on any atom is -0.493 e. The van der Waals surface area contributed by atoms with Crippen molar-refractivity contribution in [1.82, 2.24) is 9.97 Å². The summed E-state index contributed by atoms with van der Waals surface area (Å²) in [7, 11) is 0. The summed E-state index contributed by atoms with van der Waals surface area (Å²) in [6, 6.07) is 11.4. The fraction of sp³-hybridized carbons (Fsp3) is 0.263. The molecule has 0 atom stereocenters. The number of fused-ring (bicyclic) bond motifs is 1. The maximum atomic E-state index is 12.2. The van der Waals surface area contributed by atoms with Gasteiger partial charge in [0.05, 0.1) is 17.5 Å². The Hall–Kier alpha value is -2.62. The summed E-state index contributed by atoms with van der Waals surface area (Å²) < 4.78 is 5.81. The number of aromatic nitrogens is 2. The molecule has 4 nitrogen and oxygen atoms in total. The summed E-state index contributed by atoms with van der Waals surface area (Å²) >= 11 is 0. The summed E-state index contributed by atoms with van der Waals surface area (Å²) in [5.41, 5.74) is 3.57. The molecule has 4 heteroatoms. The normalized spacial score (nSPS) is 10.9. The highest BCUT2D eigenvalue weighted by Crippen LogP contribution is 2.29. The molecule has 1 heterocycles. The molecule has 2 aromatic carbocycles. The van der Waals surface area contributed by atoms with Crippen LogP contribution >= 0.6 is 0 Å². The zero-order chi connectivity index (χ0) is 16.4. The molecule has 0 amide bonds. The lowest BCUT2D eigenvalue weighted by atomic mass is 10.0. The van der Waals surface area contributed by atoms with Crippen molar-refractivity contribution in [2.45, 2.75) is 27.2 Å². The number of para-hydroxylation sites is 1. The molecule has 0 saturated heterocycles. The van der Waals surface area contributed by atoms with E-state index in [1.165, 1.54) is 0 Å². The Morgan fingerprint density at radius 1 is 1.13 bits per heavy atom. The van der Waals surface area contributed by atoms with Crippen LogP contribution in [0.4, 0.5) is 0 Å². The first-order chi connectivity index (χ1) is 11.1. The van der Waals surface area contributed by atoms with E-state index in [1.807, 2.05) is 44.2 Å². The van der Waals surface area contributed by atoms with E-state index in [9.17, 15) is 4.79 Å². The van der Waals surface area contributed by atoms with Gasteiger partial charge in [0.1, 0.15) is 11.6 Å². The molecule has 3 aromatic rings. The van der Waals surface area contributed by atoms with Crippen LogP contribution < -0.4 is 10.3 Å². The van der Waals surface area contributed by atoms with Gasteiger partial charge in [-0.25, -0.2) is 4.98 Å². The van der Waals surface area contributed by atoms with E-state index in [0.717, 1.165) is 28.9 Å². The predicted octanol–water partition coefficient (Wildman–Crippen LogP) is 4.00. The second-order valence-electron chi connectivity index (χ2n) is 5.72. The van der Waals surface area contributed by atoms with Gasteiger partial charge in [-0.1, -0.05) is 19.1 Å². The zero-order valence-electron chi connectivity index (χ0n) is 13.6. The SMILES string of the molecule is CCCOc1c(C)cc(-c2nc3ccccc3c(=O)[nH]2)cc1C. The highest BCUT2D eigenvalue weighted by atomic mass is 16.5. The van der Waals surface area contributed by atoms with E-state index in [4.69, 9.17) is 4.74 Å². The monoisotopic (exact) mass is 308 g/mol. The molecule has 0 radical (unpaired) electrons. The summed E-state index contributed by atoms with van der Waals surface area (Å²) in [6.07, 6.45) is 0.972. The van der Waals surface area contributed by atoms with E-state index in [-0.39, 0.29) is 5.56 Å². The predicted molar refractivity (Wildman–Crippen MR) is 93.1 cm³/mol. The van der Waals surface area contributed by atoms with Gasteiger partial charge in [0.15, 0.2) is 0 Å². The number of aryl methyl sites for hydroxylation is 2. The first-order valence-electron chi connectivity index (χ1n) is 7.83. The Morgan fingerprint density at radius 3 is 2.52 bits per heavy atom. The summed E-state index contributed by atoms with van der Waals surface area (Å²) in [5.74, 6) is 1.50. The highest BCUT2D eigenvalue weighted by Gasteiger charge is 2.10. The molecular weight excluding hydrogens is 288 g/mol. The standard InChI is InChI=1S/C19H20N2O2/c1-4-9-23-17-12(2)10-14(11-13(17)3)18-20-16-8-6-5-7-15(16)19(22)21-18/h5-8,10-11H,4,9H2,1-3H3,(H,20,21,22). The molecule has 0 saturated carbocycles. The van der Waals surface area contributed by atoms with Crippen molar-refractivity contribution in [2.75, 3.05) is 6.61 Å². The number of hydrogen-bond donors (Lipinski definition) is 1. The molecule has 0 aliphatic carbocycles. The molecule has 1 aromatic heterocycles. The molecule has 0 unspecified atom stereocenters. The van der Waals surface area contributed by atoms with Gasteiger partial charge in [-0.2, -0.15) is 0 Å². The van der Waals surface area contributed by atoms with Crippen LogP contribution in [0.1, 0.15) is 24.5 Å². The van der Waals surface area contributed by atoms with Gasteiger partial charge in [0.25, 0.3) is 5.56 Å². The second kappa shape index (κ2) is 6.24. The van der Waals surface area contributed by atoms with Crippen molar-refractivity contribution < 1.29 is 4.74 Å². The number of nitrogens with zero attached hydrogens (tertiary/aromatic N) is 1. The Kier molecular flexibility index (Phi) is 4.15. The van der Waals surface area contributed by atoms with Gasteiger partial charge in [-0.3, -0.25) is 4.79 Å². The topological polar surface area (TPSA) is 55.0 Å². The lowest BCUT2D eigenvalue weighted by Crippen LogP contribution is -2.09. The number of nitrogens with one attached hydrogen (secondary N) is 1. The summed E-state index contributed by atoms with van der Waals surface area (Å²) in [5, 5.41) is 0.604. The van der Waals surface area contributed by atoms with Gasteiger partial charge >= 0.3 is 0 Å². The molecule has 0 aliphatic heterocycles. The molecule has 118 valence electrons. The second-order valence-corrected chi connectivity index (χ2v) is 5.72. The molecular formula is C19H20N2O2. The van der Waals surface area contributed by atoms with Crippen LogP contribution in [0, 0.1) is 13.8 Å². The van der Waals surface area contributed by atoms with E-state index in [2.05, 4.69) is 16.9 Å². The third-order valence-corrected chi connectivity index (χ3v) is 3.80. The molecule has 1 N–H and O–H groups in total. The number of rotatable bonds is 4. The molecule has 0 spiro atoms. The highest BCUT2D eigenvalue weighted by molar-refractivity contribution is 5.79. The van der Waals surface area contributed by atoms with Crippen LogP contribution in [-0.2, 0) is 0 Å². The first-order valence-corrected chi connectivity index (χ1v) is 7.83. The molecule has 0 aliphatic rings. The van der Waals surface area contributed by atoms with Gasteiger partial charge in [0.2, 0.25) is 0 Å².